The second-order valence-corrected chi connectivity index (χ2v) is 4.95. The van der Waals surface area contributed by atoms with Gasteiger partial charge in [-0.25, -0.2) is 0 Å². The van der Waals surface area contributed by atoms with E-state index in [4.69, 9.17) is 18.9 Å². The van der Waals surface area contributed by atoms with E-state index < -0.39 is 0 Å². The lowest BCUT2D eigenvalue weighted by Gasteiger charge is -2.20. The molecule has 2 rings (SSSR count). The summed E-state index contributed by atoms with van der Waals surface area (Å²) < 4.78 is 21.4. The Labute approximate surface area is 126 Å². The second-order valence-electron chi connectivity index (χ2n) is 4.95. The highest BCUT2D eigenvalue weighted by molar-refractivity contribution is 5.41. The molecule has 1 unspecified atom stereocenters. The molecule has 0 aliphatic heterocycles. The summed E-state index contributed by atoms with van der Waals surface area (Å²) >= 11 is 0. The number of rotatable bonds is 6. The summed E-state index contributed by atoms with van der Waals surface area (Å²) in [7, 11) is 6.70. The maximum Gasteiger partial charge on any atom is 0.122 e. The van der Waals surface area contributed by atoms with Gasteiger partial charge in [-0.05, 0) is 42.7 Å². The van der Waals surface area contributed by atoms with Crippen molar-refractivity contribution in [1.82, 2.24) is 0 Å². The number of methoxy groups -OCH3 is 4. The van der Waals surface area contributed by atoms with Crippen LogP contribution in [0.2, 0.25) is 0 Å². The zero-order valence-electron chi connectivity index (χ0n) is 13.0. The zero-order valence-corrected chi connectivity index (χ0v) is 13.0. The maximum absolute atomic E-state index is 5.43. The van der Waals surface area contributed by atoms with Crippen molar-refractivity contribution in [1.29, 1.82) is 0 Å². The van der Waals surface area contributed by atoms with Crippen molar-refractivity contribution in [3.63, 3.8) is 0 Å². The molecule has 0 saturated heterocycles. The van der Waals surface area contributed by atoms with Crippen molar-refractivity contribution in [2.24, 2.45) is 0 Å². The molecule has 114 valence electrons. The van der Waals surface area contributed by atoms with Crippen molar-refractivity contribution in [2.45, 2.75) is 18.9 Å². The van der Waals surface area contributed by atoms with Crippen LogP contribution >= 0.6 is 0 Å². The molecule has 21 heavy (non-hydrogen) atoms. The maximum atomic E-state index is 5.43. The van der Waals surface area contributed by atoms with E-state index in [9.17, 15) is 0 Å². The summed E-state index contributed by atoms with van der Waals surface area (Å²) in [5.74, 6) is 2.44. The van der Waals surface area contributed by atoms with E-state index in [-0.39, 0.29) is 6.10 Å². The van der Waals surface area contributed by atoms with Gasteiger partial charge in [0.1, 0.15) is 17.3 Å². The van der Waals surface area contributed by atoms with Crippen LogP contribution in [-0.2, 0) is 15.9 Å². The molecule has 4 heteroatoms. The van der Waals surface area contributed by atoms with Gasteiger partial charge in [0.05, 0.1) is 27.4 Å². The first-order chi connectivity index (χ1) is 10.2. The van der Waals surface area contributed by atoms with E-state index in [2.05, 4.69) is 6.08 Å². The molecule has 0 bridgehead atoms. The summed E-state index contributed by atoms with van der Waals surface area (Å²) in [4.78, 5) is 0. The Morgan fingerprint density at radius 3 is 2.14 bits per heavy atom. The van der Waals surface area contributed by atoms with Gasteiger partial charge >= 0.3 is 0 Å². The van der Waals surface area contributed by atoms with Crippen LogP contribution in [0.5, 0.6) is 11.5 Å². The van der Waals surface area contributed by atoms with Crippen molar-refractivity contribution < 1.29 is 18.9 Å². The van der Waals surface area contributed by atoms with Crippen LogP contribution in [-0.4, -0.2) is 34.5 Å². The standard InChI is InChI=1S/C17H22O4/c1-18-14-6-12(7-15(10-14)19-2)5-13-8-16(20-3)11-17(9-13)21-4/h6-8,10-11,17H,5,9H2,1-4H3. The van der Waals surface area contributed by atoms with Gasteiger partial charge in [0.15, 0.2) is 0 Å². The minimum atomic E-state index is 0.0625. The highest BCUT2D eigenvalue weighted by Gasteiger charge is 2.16. The van der Waals surface area contributed by atoms with E-state index >= 15 is 0 Å². The lowest BCUT2D eigenvalue weighted by atomic mass is 9.95. The summed E-state index contributed by atoms with van der Waals surface area (Å²) in [6.07, 6.45) is 5.81. The fourth-order valence-electron chi connectivity index (χ4n) is 2.44. The predicted octanol–water partition coefficient (Wildman–Crippen LogP) is 3.12. The molecule has 0 aromatic heterocycles. The van der Waals surface area contributed by atoms with Crippen molar-refractivity contribution >= 4 is 0 Å². The van der Waals surface area contributed by atoms with E-state index in [1.165, 1.54) is 5.57 Å². The first-order valence-electron chi connectivity index (χ1n) is 6.88. The lowest BCUT2D eigenvalue weighted by Crippen LogP contribution is -2.14. The topological polar surface area (TPSA) is 36.9 Å². The number of hydrogen-bond donors (Lipinski definition) is 0. The van der Waals surface area contributed by atoms with Crippen LogP contribution in [0.3, 0.4) is 0 Å². The van der Waals surface area contributed by atoms with Crippen LogP contribution in [0.15, 0.2) is 41.7 Å². The molecular weight excluding hydrogens is 268 g/mol. The Hall–Kier alpha value is -1.94. The molecule has 0 heterocycles. The Morgan fingerprint density at radius 2 is 1.62 bits per heavy atom. The first-order valence-corrected chi connectivity index (χ1v) is 6.88. The summed E-state index contributed by atoms with van der Waals surface area (Å²) in [6, 6.07) is 5.92. The fourth-order valence-corrected chi connectivity index (χ4v) is 2.44. The van der Waals surface area contributed by atoms with Crippen molar-refractivity contribution in [3.8, 4) is 11.5 Å². The van der Waals surface area contributed by atoms with Crippen LogP contribution in [0, 0.1) is 0 Å². The zero-order chi connectivity index (χ0) is 15.2. The van der Waals surface area contributed by atoms with Gasteiger partial charge in [-0.2, -0.15) is 0 Å². The van der Waals surface area contributed by atoms with Crippen molar-refractivity contribution in [2.75, 3.05) is 28.4 Å². The minimum Gasteiger partial charge on any atom is -0.497 e. The summed E-state index contributed by atoms with van der Waals surface area (Å²) in [5, 5.41) is 0. The third-order valence-electron chi connectivity index (χ3n) is 3.54. The third-order valence-corrected chi connectivity index (χ3v) is 3.54. The highest BCUT2D eigenvalue weighted by Crippen LogP contribution is 2.28. The summed E-state index contributed by atoms with van der Waals surface area (Å²) in [6.45, 7) is 0. The van der Waals surface area contributed by atoms with Crippen molar-refractivity contribution in [3.05, 3.63) is 47.2 Å². The Kier molecular flexibility index (Phi) is 5.28. The van der Waals surface area contributed by atoms with E-state index in [0.29, 0.717) is 0 Å². The Morgan fingerprint density at radius 1 is 0.952 bits per heavy atom. The van der Waals surface area contributed by atoms with Crippen LogP contribution in [0.25, 0.3) is 0 Å². The lowest BCUT2D eigenvalue weighted by molar-refractivity contribution is 0.133. The average molecular weight is 290 g/mol. The molecule has 0 amide bonds. The van der Waals surface area contributed by atoms with Crippen LogP contribution in [0.4, 0.5) is 0 Å². The Bertz CT molecular complexity index is 523. The molecule has 1 aliphatic rings. The number of ether oxygens (including phenoxy) is 4. The molecule has 0 saturated carbocycles. The van der Waals surface area contributed by atoms with Gasteiger partial charge in [0.25, 0.3) is 0 Å². The molecule has 0 spiro atoms. The quantitative estimate of drug-likeness (QED) is 0.806. The van der Waals surface area contributed by atoms with E-state index in [0.717, 1.165) is 35.7 Å². The van der Waals surface area contributed by atoms with Gasteiger partial charge in [-0.3, -0.25) is 0 Å². The number of allylic oxidation sites excluding steroid dienone is 1. The van der Waals surface area contributed by atoms with Crippen LogP contribution in [0.1, 0.15) is 12.0 Å². The first kappa shape index (κ1) is 15.4. The second kappa shape index (κ2) is 7.18. The third kappa shape index (κ3) is 4.02. The van der Waals surface area contributed by atoms with Crippen LogP contribution < -0.4 is 9.47 Å². The normalized spacial score (nSPS) is 17.8. The molecule has 1 atom stereocenters. The Balaban J connectivity index is 2.21. The largest absolute Gasteiger partial charge is 0.497 e. The van der Waals surface area contributed by atoms with Gasteiger partial charge in [0.2, 0.25) is 0 Å². The smallest absolute Gasteiger partial charge is 0.122 e. The van der Waals surface area contributed by atoms with Gasteiger partial charge in [0, 0.05) is 13.2 Å². The molecule has 1 aromatic rings. The summed E-state index contributed by atoms with van der Waals surface area (Å²) in [5.41, 5.74) is 2.40. The average Bonchev–Trinajstić information content (AvgIpc) is 2.53. The van der Waals surface area contributed by atoms with Gasteiger partial charge in [-0.1, -0.05) is 5.57 Å². The van der Waals surface area contributed by atoms with E-state index in [1.54, 1.807) is 28.4 Å². The number of hydrogen-bond acceptors (Lipinski definition) is 4. The molecule has 0 fully saturated rings. The monoisotopic (exact) mass is 290 g/mol. The molecule has 0 N–H and O–H groups in total. The van der Waals surface area contributed by atoms with E-state index in [1.807, 2.05) is 24.3 Å². The van der Waals surface area contributed by atoms with Gasteiger partial charge < -0.3 is 18.9 Å². The minimum absolute atomic E-state index is 0.0625. The number of benzene rings is 1. The molecular formula is C17H22O4. The SMILES string of the molecule is COC1=CC(OC)CC(Cc2cc(OC)cc(OC)c2)=C1. The van der Waals surface area contributed by atoms with Gasteiger partial charge in [-0.15, -0.1) is 0 Å². The molecule has 4 nitrogen and oxygen atoms in total. The highest BCUT2D eigenvalue weighted by atomic mass is 16.5. The predicted molar refractivity (Wildman–Crippen MR) is 81.8 cm³/mol. The molecule has 1 aromatic carbocycles. The molecule has 0 radical (unpaired) electrons. The fraction of sp³-hybridized carbons (Fsp3) is 0.412. The molecule has 1 aliphatic carbocycles.